The van der Waals surface area contributed by atoms with Crippen LogP contribution in [-0.2, 0) is 21.1 Å². The predicted octanol–water partition coefficient (Wildman–Crippen LogP) is 5.41. The van der Waals surface area contributed by atoms with Crippen molar-refractivity contribution in [3.8, 4) is 5.75 Å². The third-order valence-electron chi connectivity index (χ3n) is 5.47. The Morgan fingerprint density at radius 1 is 1.06 bits per heavy atom. The zero-order valence-corrected chi connectivity index (χ0v) is 24.2. The van der Waals surface area contributed by atoms with E-state index >= 15 is 0 Å². The summed E-state index contributed by atoms with van der Waals surface area (Å²) in [6.07, 6.45) is 3.77. The second-order valence-electron chi connectivity index (χ2n) is 8.44. The van der Waals surface area contributed by atoms with Crippen LogP contribution in [0.2, 0.25) is 0 Å². The Bertz CT molecular complexity index is 1120. The van der Waals surface area contributed by atoms with Gasteiger partial charge in [0.2, 0.25) is 5.95 Å². The number of nitrogens with one attached hydrogen (secondary N) is 2. The van der Waals surface area contributed by atoms with Gasteiger partial charge in [-0.2, -0.15) is 0 Å². The van der Waals surface area contributed by atoms with Gasteiger partial charge in [-0.05, 0) is 50.9 Å². The fourth-order valence-corrected chi connectivity index (χ4v) is 3.48. The topological polar surface area (TPSA) is 80.6 Å². The van der Waals surface area contributed by atoms with E-state index in [9.17, 15) is 0 Å². The fourth-order valence-electron chi connectivity index (χ4n) is 3.48. The number of hydrogen-bond acceptors (Lipinski definition) is 7. The number of likely N-dealkylation sites (N-methyl/N-ethyl adjacent to an activating group) is 2. The Labute approximate surface area is 223 Å². The average molecular weight is 644 g/mol. The van der Waals surface area contributed by atoms with Crippen LogP contribution in [0.15, 0.2) is 60.9 Å². The molecule has 0 unspecified atom stereocenters. The Hall–Kier alpha value is -3.09. The largest absolute Gasteiger partial charge is 0.697 e. The smallest absolute Gasteiger partial charge is 0.227 e. The quantitative estimate of drug-likeness (QED) is 0.317. The summed E-state index contributed by atoms with van der Waals surface area (Å²) in [5, 5.41) is 3.23. The summed E-state index contributed by atoms with van der Waals surface area (Å²) in [7, 11) is 9.69. The maximum Gasteiger partial charge on any atom is 0.227 e. The van der Waals surface area contributed by atoms with Crippen LogP contribution in [0.25, 0.3) is 11.3 Å². The predicted molar refractivity (Wildman–Crippen MR) is 143 cm³/mol. The van der Waals surface area contributed by atoms with Crippen LogP contribution >= 0.6 is 0 Å². The van der Waals surface area contributed by atoms with E-state index in [0.29, 0.717) is 23.1 Å². The van der Waals surface area contributed by atoms with Crippen molar-refractivity contribution in [1.82, 2.24) is 14.9 Å². The second kappa shape index (κ2) is 13.1. The first-order chi connectivity index (χ1) is 16.3. The Morgan fingerprint density at radius 2 is 1.77 bits per heavy atom. The van der Waals surface area contributed by atoms with E-state index in [4.69, 9.17) is 10.5 Å². The van der Waals surface area contributed by atoms with E-state index in [1.807, 2.05) is 71.6 Å². The third kappa shape index (κ3) is 7.70. The molecule has 0 amide bonds. The van der Waals surface area contributed by atoms with Gasteiger partial charge in [0.05, 0.1) is 18.5 Å². The van der Waals surface area contributed by atoms with Gasteiger partial charge in [-0.15, -0.1) is 5.69 Å². The van der Waals surface area contributed by atoms with Crippen LogP contribution in [0.1, 0.15) is 12.6 Å². The first kappa shape index (κ1) is 28.1. The molecule has 0 radical (unpaired) electrons. The third-order valence-corrected chi connectivity index (χ3v) is 5.47. The number of para-hydroxylation sites is 1. The van der Waals surface area contributed by atoms with Gasteiger partial charge in [0.25, 0.3) is 0 Å². The number of hydrogen-bond donors (Lipinski definition) is 1. The van der Waals surface area contributed by atoms with Crippen LogP contribution in [0.4, 0.5) is 28.7 Å². The molecule has 3 aromatic rings. The molecule has 0 fully saturated rings. The molecule has 0 aliphatic heterocycles. The molecule has 2 aromatic carbocycles. The number of methoxy groups -OCH3 is 1. The van der Waals surface area contributed by atoms with E-state index in [0.717, 1.165) is 35.7 Å². The summed E-state index contributed by atoms with van der Waals surface area (Å²) in [5.74, 6) is 1.08. The van der Waals surface area contributed by atoms with E-state index in [-0.39, 0.29) is 21.1 Å². The zero-order chi connectivity index (χ0) is 24.7. The molecule has 0 saturated heterocycles. The van der Waals surface area contributed by atoms with Crippen molar-refractivity contribution in [2.45, 2.75) is 6.92 Å². The van der Waals surface area contributed by atoms with Crippen molar-refractivity contribution in [2.75, 3.05) is 63.5 Å². The molecule has 9 heteroatoms. The van der Waals surface area contributed by atoms with Crippen molar-refractivity contribution >= 4 is 34.3 Å². The van der Waals surface area contributed by atoms with Gasteiger partial charge in [-0.3, -0.25) is 0 Å². The van der Waals surface area contributed by atoms with Gasteiger partial charge in [0, 0.05) is 78.1 Å². The van der Waals surface area contributed by atoms with Gasteiger partial charge in [0.15, 0.2) is 0 Å². The average Bonchev–Trinajstić information content (AvgIpc) is 2.83. The number of nitrogens with zero attached hydrogens (tertiary/aromatic N) is 5. The first-order valence-electron chi connectivity index (χ1n) is 11.1. The molecule has 1 aromatic heterocycles. The van der Waals surface area contributed by atoms with Crippen molar-refractivity contribution in [3.63, 3.8) is 0 Å². The van der Waals surface area contributed by atoms with Crippen LogP contribution in [0.3, 0.4) is 0 Å². The molecule has 35 heavy (non-hydrogen) atoms. The second-order valence-corrected chi connectivity index (χ2v) is 8.44. The summed E-state index contributed by atoms with van der Waals surface area (Å²) in [4.78, 5) is 15.3. The van der Waals surface area contributed by atoms with Crippen LogP contribution < -0.4 is 19.9 Å². The standard InChI is InChI=1S/C26H34N7O.W/c1-19(18-33(5)20-10-8-7-9-11-20)22-12-13-28-26(29-22)30-23-16-21(27)24(17-25(23)34-6)32(4)15-14-31(2)3;/h7-13,16-18,27H,14-15H2,1-6H3,(H,28,29,30);/q-1;/b19-18+;. The normalized spacial score (nSPS) is 11.1. The molecule has 186 valence electrons. The van der Waals surface area contributed by atoms with Crippen LogP contribution in [0.5, 0.6) is 5.75 Å². The van der Waals surface area contributed by atoms with Crippen molar-refractivity contribution < 1.29 is 25.8 Å². The maximum atomic E-state index is 8.53. The molecular formula is C26H34N7OW-. The monoisotopic (exact) mass is 644 g/mol. The van der Waals surface area contributed by atoms with Gasteiger partial charge >= 0.3 is 0 Å². The number of rotatable bonds is 10. The first-order valence-corrected chi connectivity index (χ1v) is 11.1. The number of benzene rings is 2. The minimum Gasteiger partial charge on any atom is -0.697 e. The molecule has 0 atom stereocenters. The number of anilines is 4. The number of ether oxygens (including phenoxy) is 1. The zero-order valence-electron chi connectivity index (χ0n) is 21.2. The molecule has 3 rings (SSSR count). The van der Waals surface area contributed by atoms with E-state index in [1.54, 1.807) is 19.4 Å². The van der Waals surface area contributed by atoms with E-state index in [1.165, 1.54) is 0 Å². The Balaban J connectivity index is 0.00000432. The van der Waals surface area contributed by atoms with Crippen LogP contribution in [0, 0.1) is 0 Å². The number of allylic oxidation sites excluding steroid dienone is 1. The molecule has 0 spiro atoms. The minimum atomic E-state index is 0. The van der Waals surface area contributed by atoms with Gasteiger partial charge < -0.3 is 30.5 Å². The fraction of sp³-hybridized carbons (Fsp3) is 0.308. The summed E-state index contributed by atoms with van der Waals surface area (Å²) in [6.45, 7) is 3.72. The molecule has 0 saturated carbocycles. The molecule has 0 aliphatic carbocycles. The summed E-state index contributed by atoms with van der Waals surface area (Å²) in [5.41, 5.74) is 13.3. The summed E-state index contributed by atoms with van der Waals surface area (Å²) < 4.78 is 5.61. The van der Waals surface area contributed by atoms with Gasteiger partial charge in [-0.25, -0.2) is 9.97 Å². The van der Waals surface area contributed by atoms with Crippen molar-refractivity contribution in [3.05, 3.63) is 72.4 Å². The van der Waals surface area contributed by atoms with Crippen molar-refractivity contribution in [2.24, 2.45) is 0 Å². The summed E-state index contributed by atoms with van der Waals surface area (Å²) >= 11 is 0. The molecule has 2 N–H and O–H groups in total. The van der Waals surface area contributed by atoms with Gasteiger partial charge in [-0.1, -0.05) is 18.2 Å². The maximum absolute atomic E-state index is 8.53. The minimum absolute atomic E-state index is 0. The molecular weight excluding hydrogens is 610 g/mol. The van der Waals surface area contributed by atoms with E-state index < -0.39 is 0 Å². The Kier molecular flexibility index (Phi) is 10.5. The molecule has 8 nitrogen and oxygen atoms in total. The SMILES string of the molecule is COc1cc(N(C)CCN(C)C)c([NH-])cc1Nc1nccc(/C(C)=C/N(C)c2ccccc2)n1.[W]. The molecule has 0 aliphatic rings. The van der Waals surface area contributed by atoms with Gasteiger partial charge in [0.1, 0.15) is 5.75 Å². The Morgan fingerprint density at radius 3 is 2.43 bits per heavy atom. The van der Waals surface area contributed by atoms with Crippen LogP contribution in [-0.4, -0.2) is 63.3 Å². The molecule has 0 bridgehead atoms. The molecule has 1 heterocycles. The van der Waals surface area contributed by atoms with Crippen molar-refractivity contribution in [1.29, 1.82) is 0 Å². The summed E-state index contributed by atoms with van der Waals surface area (Å²) in [6, 6.07) is 15.7. The van der Waals surface area contributed by atoms with E-state index in [2.05, 4.69) is 42.1 Å². The number of aromatic nitrogens is 2.